The van der Waals surface area contributed by atoms with Crippen molar-refractivity contribution < 1.29 is 0 Å². The zero-order valence-electron chi connectivity index (χ0n) is 35.5. The van der Waals surface area contributed by atoms with Crippen LogP contribution in [0.15, 0.2) is 169 Å². The molecule has 64 heavy (non-hydrogen) atoms. The molecule has 0 bridgehead atoms. The molecular weight excluding hydrogens is 839 g/mol. The number of aliphatic imine (C=N–C) groups is 1. The molecule has 0 radical (unpaired) electrons. The quantitative estimate of drug-likeness (QED) is 0.122. The van der Waals surface area contributed by atoms with Gasteiger partial charge in [-0.1, -0.05) is 127 Å². The van der Waals surface area contributed by atoms with Crippen LogP contribution in [-0.4, -0.2) is 19.0 Å². The zero-order valence-corrected chi connectivity index (χ0v) is 37.9. The van der Waals surface area contributed by atoms with Gasteiger partial charge in [0.1, 0.15) is 16.0 Å². The summed E-state index contributed by atoms with van der Waals surface area (Å²) in [5.41, 5.74) is 24.4. The summed E-state index contributed by atoms with van der Waals surface area (Å²) in [4.78, 5) is 9.11. The summed E-state index contributed by atoms with van der Waals surface area (Å²) in [7, 11) is 0. The number of benzene rings is 6. The number of para-hydroxylation sites is 2. The van der Waals surface area contributed by atoms with E-state index in [0.29, 0.717) is 11.6 Å². The third kappa shape index (κ3) is 6.59. The van der Waals surface area contributed by atoms with E-state index in [-0.39, 0.29) is 5.92 Å². The van der Waals surface area contributed by atoms with E-state index in [1.807, 2.05) is 36.5 Å². The lowest BCUT2D eigenvalue weighted by Gasteiger charge is -2.27. The van der Waals surface area contributed by atoms with Crippen LogP contribution in [0, 0.1) is 0 Å². The highest BCUT2D eigenvalue weighted by Crippen LogP contribution is 2.49. The van der Waals surface area contributed by atoms with Gasteiger partial charge in [-0.3, -0.25) is 4.99 Å². The van der Waals surface area contributed by atoms with E-state index in [1.54, 1.807) is 0 Å². The maximum Gasteiger partial charge on any atom is 0.115 e. The molecule has 0 fully saturated rings. The maximum absolute atomic E-state index is 7.23. The fourth-order valence-electron chi connectivity index (χ4n) is 10.1. The summed E-state index contributed by atoms with van der Waals surface area (Å²) >= 11 is 4.99. The standard InChI is InChI=1S/C56H43N5S3/c1-33(2)58-54-52(37-25-21-34(22-26-37)48-28-27-40(62-48)32-39-31-38-11-3-4-12-41(38)43-14-6-5-13-42(39)43)56-55(59-64-60-56)51(53(54)57)36-23-19-35(20-24-36)49-29-30-50(63-49)61-46-17-9-7-15-44(46)45-16-8-10-18-47(45)61/h3-19,21-30,35,39H,20,31-32,57H2,1-2H3. The van der Waals surface area contributed by atoms with Gasteiger partial charge < -0.3 is 10.3 Å². The Morgan fingerprint density at radius 3 is 2.14 bits per heavy atom. The number of anilines is 1. The number of fused-ring (bicyclic) bond motifs is 7. The topological polar surface area (TPSA) is 69.1 Å². The van der Waals surface area contributed by atoms with Gasteiger partial charge in [-0.05, 0) is 114 Å². The zero-order chi connectivity index (χ0) is 42.9. The van der Waals surface area contributed by atoms with Crippen LogP contribution in [0.4, 0.5) is 11.4 Å². The Morgan fingerprint density at radius 1 is 0.703 bits per heavy atom. The Balaban J connectivity index is 0.826. The molecule has 0 spiro atoms. The average Bonchev–Trinajstić information content (AvgIpc) is 4.17. The Bertz CT molecular complexity index is 3480. The van der Waals surface area contributed by atoms with Crippen LogP contribution in [0.5, 0.6) is 0 Å². The molecule has 4 aromatic heterocycles. The lowest BCUT2D eigenvalue weighted by molar-refractivity contribution is 0.679. The van der Waals surface area contributed by atoms with Gasteiger partial charge in [0, 0.05) is 48.2 Å². The van der Waals surface area contributed by atoms with Crippen LogP contribution >= 0.6 is 34.4 Å². The lowest BCUT2D eigenvalue weighted by Crippen LogP contribution is -2.13. The van der Waals surface area contributed by atoms with Crippen LogP contribution in [0.1, 0.15) is 58.5 Å². The van der Waals surface area contributed by atoms with Crippen LogP contribution in [0.2, 0.25) is 0 Å². The molecule has 12 rings (SSSR count). The minimum atomic E-state index is 0.259. The summed E-state index contributed by atoms with van der Waals surface area (Å²) < 4.78 is 12.2. The SMILES string of the molecule is CC(C)=Nc1c(N)c(C2=CCC(c3ccc(-n4c5ccccc5c5ccccc54)s3)C=C2)c2nsnc2c1-c1ccc(-c2ccc(CC3Cc4ccccc4-c4ccccc43)s2)cc1. The van der Waals surface area contributed by atoms with Crippen molar-refractivity contribution in [3.05, 3.63) is 190 Å². The first-order chi connectivity index (χ1) is 31.5. The van der Waals surface area contributed by atoms with Crippen LogP contribution in [-0.2, 0) is 12.8 Å². The molecule has 6 aromatic carbocycles. The smallest absolute Gasteiger partial charge is 0.115 e. The highest BCUT2D eigenvalue weighted by molar-refractivity contribution is 7.15. The van der Waals surface area contributed by atoms with Crippen LogP contribution in [0.3, 0.4) is 0 Å². The number of aromatic nitrogens is 3. The number of thiophene rings is 2. The third-order valence-electron chi connectivity index (χ3n) is 13.0. The van der Waals surface area contributed by atoms with Crippen molar-refractivity contribution in [1.29, 1.82) is 0 Å². The van der Waals surface area contributed by atoms with Crippen molar-refractivity contribution in [2.45, 2.75) is 44.9 Å². The molecule has 2 atom stereocenters. The van der Waals surface area contributed by atoms with Crippen molar-refractivity contribution in [2.75, 3.05) is 5.73 Å². The molecule has 0 saturated heterocycles. The van der Waals surface area contributed by atoms with E-state index in [1.165, 1.54) is 81.0 Å². The van der Waals surface area contributed by atoms with E-state index >= 15 is 0 Å². The van der Waals surface area contributed by atoms with Crippen molar-refractivity contribution in [3.63, 3.8) is 0 Å². The number of nitrogens with two attached hydrogens (primary N) is 1. The second kappa shape index (κ2) is 15.8. The number of allylic oxidation sites excluding steroid dienone is 4. The molecule has 10 aromatic rings. The summed E-state index contributed by atoms with van der Waals surface area (Å²) in [5, 5.41) is 3.78. The second-order valence-electron chi connectivity index (χ2n) is 17.1. The number of hydrogen-bond donors (Lipinski definition) is 1. The maximum atomic E-state index is 7.23. The van der Waals surface area contributed by atoms with Crippen molar-refractivity contribution >= 4 is 89.9 Å². The van der Waals surface area contributed by atoms with E-state index in [2.05, 4.69) is 168 Å². The van der Waals surface area contributed by atoms with Gasteiger partial charge in [0.15, 0.2) is 0 Å². The van der Waals surface area contributed by atoms with Gasteiger partial charge in [0.25, 0.3) is 0 Å². The molecular formula is C56H43N5S3. The fourth-order valence-corrected chi connectivity index (χ4v) is 12.8. The van der Waals surface area contributed by atoms with Gasteiger partial charge in [0.2, 0.25) is 0 Å². The Kier molecular flexibility index (Phi) is 9.62. The summed E-state index contributed by atoms with van der Waals surface area (Å²) in [5.74, 6) is 0.715. The van der Waals surface area contributed by atoms with Gasteiger partial charge in [-0.15, -0.1) is 22.7 Å². The molecule has 5 nitrogen and oxygen atoms in total. The molecule has 0 saturated carbocycles. The molecule has 8 heteroatoms. The average molecular weight is 882 g/mol. The van der Waals surface area contributed by atoms with E-state index in [0.717, 1.165) is 64.0 Å². The van der Waals surface area contributed by atoms with Crippen LogP contribution < -0.4 is 5.73 Å². The number of nitrogens with zero attached hydrogens (tertiary/aromatic N) is 4. The largest absolute Gasteiger partial charge is 0.396 e. The minimum absolute atomic E-state index is 0.259. The first-order valence-electron chi connectivity index (χ1n) is 21.9. The predicted octanol–water partition coefficient (Wildman–Crippen LogP) is 15.6. The van der Waals surface area contributed by atoms with Gasteiger partial charge in [0.05, 0.1) is 34.1 Å². The van der Waals surface area contributed by atoms with E-state index in [4.69, 9.17) is 19.5 Å². The third-order valence-corrected chi connectivity index (χ3v) is 15.9. The molecule has 4 heterocycles. The summed E-state index contributed by atoms with van der Waals surface area (Å²) in [6, 6.07) is 53.2. The summed E-state index contributed by atoms with van der Waals surface area (Å²) in [6.45, 7) is 4.04. The normalized spacial score (nSPS) is 15.7. The van der Waals surface area contributed by atoms with E-state index < -0.39 is 0 Å². The second-order valence-corrected chi connectivity index (χ2v) is 19.9. The molecule has 2 aliphatic carbocycles. The number of nitrogen functional groups attached to an aromatic ring is 1. The van der Waals surface area contributed by atoms with Crippen molar-refractivity contribution in [3.8, 4) is 37.7 Å². The Labute approximate surface area is 384 Å². The molecule has 2 unspecified atom stereocenters. The molecule has 310 valence electrons. The van der Waals surface area contributed by atoms with Gasteiger partial charge in [-0.2, -0.15) is 8.75 Å². The fraction of sp³-hybridized carbons (Fsp3) is 0.125. The first-order valence-corrected chi connectivity index (χ1v) is 24.3. The van der Waals surface area contributed by atoms with Crippen molar-refractivity contribution in [2.24, 2.45) is 4.99 Å². The highest BCUT2D eigenvalue weighted by atomic mass is 32.1. The highest BCUT2D eigenvalue weighted by Gasteiger charge is 2.27. The monoisotopic (exact) mass is 881 g/mol. The lowest BCUT2D eigenvalue weighted by atomic mass is 9.77. The van der Waals surface area contributed by atoms with Gasteiger partial charge >= 0.3 is 0 Å². The van der Waals surface area contributed by atoms with E-state index in [9.17, 15) is 0 Å². The molecule has 2 N–H and O–H groups in total. The van der Waals surface area contributed by atoms with Crippen LogP contribution in [0.25, 0.3) is 76.1 Å². The Hall–Kier alpha value is -6.71. The molecule has 0 aliphatic heterocycles. The molecule has 2 aliphatic rings. The first kappa shape index (κ1) is 38.9. The Morgan fingerprint density at radius 2 is 1.39 bits per heavy atom. The number of hydrogen-bond acceptors (Lipinski definition) is 7. The minimum Gasteiger partial charge on any atom is -0.396 e. The van der Waals surface area contributed by atoms with Crippen molar-refractivity contribution in [1.82, 2.24) is 13.3 Å². The number of rotatable bonds is 8. The predicted molar refractivity (Wildman–Crippen MR) is 274 cm³/mol. The molecule has 0 amide bonds. The summed E-state index contributed by atoms with van der Waals surface area (Å²) in [6.07, 6.45) is 9.81. The van der Waals surface area contributed by atoms with Gasteiger partial charge in [-0.25, -0.2) is 0 Å².